The number of carbonyl (C=O) groups excluding carboxylic acids is 4. The van der Waals surface area contributed by atoms with Crippen molar-refractivity contribution in [1.29, 1.82) is 0 Å². The molecule has 1 aromatic rings. The first-order valence-corrected chi connectivity index (χ1v) is 17.8. The van der Waals surface area contributed by atoms with Gasteiger partial charge >= 0.3 is 6.09 Å². The van der Waals surface area contributed by atoms with E-state index in [1.54, 1.807) is 32.6 Å². The predicted octanol–water partition coefficient (Wildman–Crippen LogP) is 7.24. The molecule has 1 aliphatic heterocycles. The van der Waals surface area contributed by atoms with Crippen molar-refractivity contribution in [2.24, 2.45) is 5.41 Å². The van der Waals surface area contributed by atoms with Gasteiger partial charge in [-0.1, -0.05) is 82.2 Å². The second-order valence-electron chi connectivity index (χ2n) is 15.4. The molecule has 9 nitrogen and oxygen atoms in total. The first-order valence-electron chi connectivity index (χ1n) is 17.8. The lowest BCUT2D eigenvalue weighted by atomic mass is 9.85. The Morgan fingerprint density at radius 1 is 1.00 bits per heavy atom. The zero-order valence-electron chi connectivity index (χ0n) is 30.9. The Labute approximate surface area is 288 Å². The van der Waals surface area contributed by atoms with E-state index in [9.17, 15) is 19.2 Å². The van der Waals surface area contributed by atoms with Crippen molar-refractivity contribution in [3.8, 4) is 0 Å². The molecular weight excluding hydrogens is 604 g/mol. The van der Waals surface area contributed by atoms with Gasteiger partial charge in [0.05, 0.1) is 6.04 Å². The monoisotopic (exact) mass is 664 g/mol. The third kappa shape index (κ3) is 10.7. The van der Waals surface area contributed by atoms with E-state index >= 15 is 0 Å². The highest BCUT2D eigenvalue weighted by Gasteiger charge is 2.47. The zero-order valence-corrected chi connectivity index (χ0v) is 30.9. The average Bonchev–Trinajstić information content (AvgIpc) is 3.46. The molecule has 1 fully saturated rings. The van der Waals surface area contributed by atoms with Crippen molar-refractivity contribution < 1.29 is 23.9 Å². The number of unbranched alkanes of at least 4 members (excludes halogenated alkanes) is 1. The van der Waals surface area contributed by atoms with Gasteiger partial charge in [0.2, 0.25) is 17.7 Å². The maximum absolute atomic E-state index is 14.7. The molecule has 0 spiro atoms. The third-order valence-electron chi connectivity index (χ3n) is 9.36. The summed E-state index contributed by atoms with van der Waals surface area (Å²) < 4.78 is 5.46. The number of hydrogen-bond donors (Lipinski definition) is 2. The Morgan fingerprint density at radius 3 is 2.31 bits per heavy atom. The molecule has 0 aromatic heterocycles. The van der Waals surface area contributed by atoms with Crippen LogP contribution in [0.4, 0.5) is 4.79 Å². The van der Waals surface area contributed by atoms with Crippen LogP contribution in [0.15, 0.2) is 53.6 Å². The van der Waals surface area contributed by atoms with E-state index < -0.39 is 41.1 Å². The van der Waals surface area contributed by atoms with Crippen LogP contribution in [0.1, 0.15) is 125 Å². The largest absolute Gasteiger partial charge is 0.444 e. The van der Waals surface area contributed by atoms with Gasteiger partial charge in [0.1, 0.15) is 23.7 Å². The number of rotatable bonds is 11. The molecule has 4 atom stereocenters. The summed E-state index contributed by atoms with van der Waals surface area (Å²) in [5.41, 5.74) is 2.26. The van der Waals surface area contributed by atoms with Gasteiger partial charge in [-0.3, -0.25) is 19.3 Å². The maximum atomic E-state index is 14.7. The first-order chi connectivity index (χ1) is 22.5. The van der Waals surface area contributed by atoms with Crippen molar-refractivity contribution >= 4 is 23.8 Å². The van der Waals surface area contributed by atoms with Crippen LogP contribution < -0.4 is 10.6 Å². The summed E-state index contributed by atoms with van der Waals surface area (Å²) in [7, 11) is 1.51. The van der Waals surface area contributed by atoms with Crippen molar-refractivity contribution in [1.82, 2.24) is 20.4 Å². The minimum absolute atomic E-state index is 0.174. The lowest BCUT2D eigenvalue weighted by Gasteiger charge is -2.39. The molecule has 1 heterocycles. The molecule has 1 saturated heterocycles. The number of benzene rings is 1. The smallest absolute Gasteiger partial charge is 0.410 e. The molecule has 2 N–H and O–H groups in total. The zero-order chi connectivity index (χ0) is 35.6. The topological polar surface area (TPSA) is 108 Å². The minimum Gasteiger partial charge on any atom is -0.444 e. The molecule has 9 heteroatoms. The Hall–Kier alpha value is -3.62. The summed E-state index contributed by atoms with van der Waals surface area (Å²) in [6.07, 6.45) is 12.3. The van der Waals surface area contributed by atoms with Gasteiger partial charge in [-0.2, -0.15) is 0 Å². The Balaban J connectivity index is 1.89. The van der Waals surface area contributed by atoms with Crippen LogP contribution in [0.25, 0.3) is 0 Å². The highest BCUT2D eigenvalue weighted by atomic mass is 16.6. The second kappa shape index (κ2) is 17.2. The van der Waals surface area contributed by atoms with E-state index in [1.165, 1.54) is 23.1 Å². The Morgan fingerprint density at radius 2 is 1.69 bits per heavy atom. The van der Waals surface area contributed by atoms with Gasteiger partial charge in [-0.05, 0) is 95.6 Å². The molecule has 0 radical (unpaired) electrons. The number of nitrogens with one attached hydrogen (secondary N) is 2. The minimum atomic E-state index is -0.946. The van der Waals surface area contributed by atoms with Crippen molar-refractivity contribution in [2.75, 3.05) is 13.6 Å². The fourth-order valence-electron chi connectivity index (χ4n) is 6.41. The number of likely N-dealkylation sites (N-methyl/N-ethyl adjacent to an activating group) is 1. The van der Waals surface area contributed by atoms with Gasteiger partial charge in [0, 0.05) is 13.6 Å². The standard InChI is InChI=1S/C39H60N4O5/c1-10-11-19-28-20-15-12-13-16-23-30(28)26-40-35(45)32-25-24-31(29-21-17-14-18-22-29)43(32)36(46)33(38(3,4)5)41-34(44)27(2)42(9)37(47)48-39(6,7)8/h13-14,16-18,21-22,27,31-33H,10-12,15,19-20,23-26H2,1-9H3,(H,40,45)(H,41,44)/b16-13-,30-28+/t27-,31-,32-,33?/m0/s1. The number of nitrogens with zero attached hydrogens (tertiary/aromatic N) is 2. The molecule has 2 aliphatic rings. The van der Waals surface area contributed by atoms with Crippen molar-refractivity contribution in [3.05, 3.63) is 59.2 Å². The number of amides is 4. The van der Waals surface area contributed by atoms with E-state index in [-0.39, 0.29) is 17.9 Å². The number of allylic oxidation sites excluding steroid dienone is 3. The van der Waals surface area contributed by atoms with E-state index in [4.69, 9.17) is 4.74 Å². The van der Waals surface area contributed by atoms with Crippen LogP contribution in [-0.2, 0) is 19.1 Å². The van der Waals surface area contributed by atoms with Crippen LogP contribution in [-0.4, -0.2) is 70.9 Å². The molecule has 1 unspecified atom stereocenters. The quantitative estimate of drug-likeness (QED) is 0.243. The molecular formula is C39H60N4O5. The summed E-state index contributed by atoms with van der Waals surface area (Å²) in [4.78, 5) is 58.0. The van der Waals surface area contributed by atoms with Gasteiger partial charge in [0.15, 0.2) is 0 Å². The summed E-state index contributed by atoms with van der Waals surface area (Å²) >= 11 is 0. The van der Waals surface area contributed by atoms with Crippen LogP contribution >= 0.6 is 0 Å². The molecule has 0 bridgehead atoms. The van der Waals surface area contributed by atoms with Gasteiger partial charge in [-0.15, -0.1) is 0 Å². The molecule has 1 aliphatic carbocycles. The fourth-order valence-corrected chi connectivity index (χ4v) is 6.41. The van der Waals surface area contributed by atoms with E-state index in [0.717, 1.165) is 50.5 Å². The normalized spacial score (nSPS) is 22.1. The first kappa shape index (κ1) is 38.8. The highest BCUT2D eigenvalue weighted by molar-refractivity contribution is 5.95. The Kier molecular flexibility index (Phi) is 13.9. The number of likely N-dealkylation sites (tertiary alicyclic amines) is 1. The van der Waals surface area contributed by atoms with Crippen LogP contribution in [0.5, 0.6) is 0 Å². The molecule has 266 valence electrons. The average molecular weight is 665 g/mol. The number of carbonyl (C=O) groups is 4. The molecule has 3 rings (SSSR count). The second-order valence-corrected chi connectivity index (χ2v) is 15.4. The maximum Gasteiger partial charge on any atom is 0.410 e. The van der Waals surface area contributed by atoms with Crippen LogP contribution in [0, 0.1) is 5.41 Å². The third-order valence-corrected chi connectivity index (χ3v) is 9.36. The number of ether oxygens (including phenoxy) is 1. The number of hydrogen-bond acceptors (Lipinski definition) is 5. The highest BCUT2D eigenvalue weighted by Crippen LogP contribution is 2.38. The van der Waals surface area contributed by atoms with Crippen LogP contribution in [0.2, 0.25) is 0 Å². The van der Waals surface area contributed by atoms with Crippen molar-refractivity contribution in [3.63, 3.8) is 0 Å². The summed E-state index contributed by atoms with van der Waals surface area (Å²) in [6.45, 7) is 15.3. The molecule has 1 aromatic carbocycles. The lowest BCUT2D eigenvalue weighted by Crippen LogP contribution is -2.60. The summed E-state index contributed by atoms with van der Waals surface area (Å²) in [5.74, 6) is -0.963. The SMILES string of the molecule is CCCC/C1=C(\CNC(=O)[C@@H]2CC[C@@H](c3ccccc3)N2C(=O)C(NC(=O)[C@H](C)N(C)C(=O)OC(C)(C)C)C(C)(C)C)C/C=C\CCC1. The van der Waals surface area contributed by atoms with E-state index in [0.29, 0.717) is 19.4 Å². The summed E-state index contributed by atoms with van der Waals surface area (Å²) in [6, 6.07) is 6.94. The molecule has 4 amide bonds. The summed E-state index contributed by atoms with van der Waals surface area (Å²) in [5, 5.41) is 6.18. The predicted molar refractivity (Wildman–Crippen MR) is 191 cm³/mol. The van der Waals surface area contributed by atoms with Crippen LogP contribution in [0.3, 0.4) is 0 Å². The van der Waals surface area contributed by atoms with E-state index in [1.807, 2.05) is 51.1 Å². The van der Waals surface area contributed by atoms with Gasteiger partial charge < -0.3 is 20.3 Å². The fraction of sp³-hybridized carbons (Fsp3) is 0.641. The molecule has 48 heavy (non-hydrogen) atoms. The van der Waals surface area contributed by atoms with E-state index in [2.05, 4.69) is 29.7 Å². The Bertz CT molecular complexity index is 1320. The van der Waals surface area contributed by atoms with Gasteiger partial charge in [-0.25, -0.2) is 4.79 Å². The lowest BCUT2D eigenvalue weighted by molar-refractivity contribution is -0.146. The molecule has 0 saturated carbocycles. The van der Waals surface area contributed by atoms with Gasteiger partial charge in [0.25, 0.3) is 0 Å². The van der Waals surface area contributed by atoms with Crippen molar-refractivity contribution in [2.45, 2.75) is 143 Å².